The van der Waals surface area contributed by atoms with Gasteiger partial charge in [-0.15, -0.1) is 0 Å². The van der Waals surface area contributed by atoms with Crippen LogP contribution in [0, 0.1) is 17.4 Å². The molecule has 0 aliphatic rings. The molecule has 0 aliphatic carbocycles. The molecule has 0 aromatic heterocycles. The van der Waals surface area contributed by atoms with Gasteiger partial charge in [0.05, 0.1) is 0 Å². The molecule has 0 atom stereocenters. The fourth-order valence-electron chi connectivity index (χ4n) is 1.73. The van der Waals surface area contributed by atoms with Crippen molar-refractivity contribution >= 4 is 34.2 Å². The highest BCUT2D eigenvalue weighted by Crippen LogP contribution is 2.16. The van der Waals surface area contributed by atoms with Crippen LogP contribution in [0.15, 0.2) is 42.5 Å². The fraction of sp³-hybridized carbons (Fsp3) is 0.133. The Morgan fingerprint density at radius 3 is 2.39 bits per heavy atom. The van der Waals surface area contributed by atoms with Gasteiger partial charge < -0.3 is 5.32 Å². The second-order valence-electron chi connectivity index (χ2n) is 4.21. The van der Waals surface area contributed by atoms with Gasteiger partial charge in [0.15, 0.2) is 0 Å². The molecule has 2 aromatic rings. The molecule has 2 nitrogen and oxygen atoms in total. The molecule has 0 aliphatic heterocycles. The van der Waals surface area contributed by atoms with Gasteiger partial charge in [-0.25, -0.2) is 0 Å². The Balaban J connectivity index is 2.22. The third kappa shape index (κ3) is 2.90. The molecule has 0 bridgehead atoms. The van der Waals surface area contributed by atoms with Gasteiger partial charge in [-0.05, 0) is 77.9 Å². The van der Waals surface area contributed by atoms with Gasteiger partial charge in [-0.3, -0.25) is 4.79 Å². The third-order valence-electron chi connectivity index (χ3n) is 2.95. The molecule has 92 valence electrons. The van der Waals surface area contributed by atoms with E-state index in [1.807, 2.05) is 56.3 Å². The average Bonchev–Trinajstić information content (AvgIpc) is 2.35. The largest absolute Gasteiger partial charge is 0.322 e. The van der Waals surface area contributed by atoms with Gasteiger partial charge in [-0.2, -0.15) is 0 Å². The number of anilines is 1. The van der Waals surface area contributed by atoms with Crippen LogP contribution in [0.3, 0.4) is 0 Å². The first-order chi connectivity index (χ1) is 8.58. The number of aryl methyl sites for hydroxylation is 1. The highest BCUT2D eigenvalue weighted by Gasteiger charge is 2.09. The highest BCUT2D eigenvalue weighted by molar-refractivity contribution is 14.1. The summed E-state index contributed by atoms with van der Waals surface area (Å²) in [4.78, 5) is 12.2. The topological polar surface area (TPSA) is 29.1 Å². The summed E-state index contributed by atoms with van der Waals surface area (Å²) in [5, 5.41) is 2.91. The number of halogens is 1. The van der Waals surface area contributed by atoms with Crippen LogP contribution < -0.4 is 5.32 Å². The Hall–Kier alpha value is -1.36. The van der Waals surface area contributed by atoms with Crippen molar-refractivity contribution in [3.63, 3.8) is 0 Å². The molecule has 0 unspecified atom stereocenters. The lowest BCUT2D eigenvalue weighted by Gasteiger charge is -2.09. The zero-order valence-corrected chi connectivity index (χ0v) is 12.5. The van der Waals surface area contributed by atoms with Gasteiger partial charge in [0, 0.05) is 14.8 Å². The van der Waals surface area contributed by atoms with Crippen LogP contribution in [0.25, 0.3) is 0 Å². The predicted octanol–water partition coefficient (Wildman–Crippen LogP) is 4.16. The normalized spacial score (nSPS) is 10.2. The molecule has 18 heavy (non-hydrogen) atoms. The smallest absolute Gasteiger partial charge is 0.255 e. The van der Waals surface area contributed by atoms with Crippen LogP contribution in [0.1, 0.15) is 21.5 Å². The summed E-state index contributed by atoms with van der Waals surface area (Å²) in [6.07, 6.45) is 0. The Morgan fingerprint density at radius 2 is 1.72 bits per heavy atom. The first kappa shape index (κ1) is 13.1. The van der Waals surface area contributed by atoms with E-state index in [1.54, 1.807) is 0 Å². The summed E-state index contributed by atoms with van der Waals surface area (Å²) >= 11 is 2.24. The number of carbonyl (C=O) groups is 1. The molecule has 0 heterocycles. The summed E-state index contributed by atoms with van der Waals surface area (Å²) in [5.74, 6) is -0.0580. The van der Waals surface area contributed by atoms with Crippen LogP contribution in [0.5, 0.6) is 0 Å². The Morgan fingerprint density at radius 1 is 1.06 bits per heavy atom. The predicted molar refractivity (Wildman–Crippen MR) is 83.0 cm³/mol. The number of carbonyl (C=O) groups excluding carboxylic acids is 1. The fourth-order valence-corrected chi connectivity index (χ4v) is 2.09. The molecule has 1 amide bonds. The van der Waals surface area contributed by atoms with Crippen LogP contribution in [-0.4, -0.2) is 5.91 Å². The lowest BCUT2D eigenvalue weighted by atomic mass is 10.0. The number of benzene rings is 2. The molecule has 0 fully saturated rings. The molecular formula is C15H14INO. The molecule has 0 saturated heterocycles. The number of amides is 1. The zero-order chi connectivity index (χ0) is 13.1. The van der Waals surface area contributed by atoms with Crippen molar-refractivity contribution in [2.75, 3.05) is 5.32 Å². The van der Waals surface area contributed by atoms with Gasteiger partial charge in [0.2, 0.25) is 0 Å². The van der Waals surface area contributed by atoms with Gasteiger partial charge in [-0.1, -0.05) is 12.1 Å². The summed E-state index contributed by atoms with van der Waals surface area (Å²) < 4.78 is 1.15. The maximum atomic E-state index is 12.2. The van der Waals surface area contributed by atoms with E-state index >= 15 is 0 Å². The summed E-state index contributed by atoms with van der Waals surface area (Å²) in [6.45, 7) is 3.98. The van der Waals surface area contributed by atoms with Crippen molar-refractivity contribution in [2.45, 2.75) is 13.8 Å². The van der Waals surface area contributed by atoms with E-state index in [9.17, 15) is 4.79 Å². The zero-order valence-electron chi connectivity index (χ0n) is 10.3. The Kier molecular flexibility index (Phi) is 4.01. The molecule has 1 N–H and O–H groups in total. The minimum Gasteiger partial charge on any atom is -0.322 e. The molecule has 2 aromatic carbocycles. The number of hydrogen-bond donors (Lipinski definition) is 1. The van der Waals surface area contributed by atoms with Crippen LogP contribution in [0.2, 0.25) is 0 Å². The van der Waals surface area contributed by atoms with Crippen molar-refractivity contribution in [1.82, 2.24) is 0 Å². The number of rotatable bonds is 2. The van der Waals surface area contributed by atoms with Crippen molar-refractivity contribution < 1.29 is 4.79 Å². The van der Waals surface area contributed by atoms with E-state index in [4.69, 9.17) is 0 Å². The number of hydrogen-bond acceptors (Lipinski definition) is 1. The molecule has 0 radical (unpaired) electrons. The Labute approximate surface area is 121 Å². The minimum absolute atomic E-state index is 0.0580. The van der Waals surface area contributed by atoms with Crippen molar-refractivity contribution in [3.8, 4) is 0 Å². The monoisotopic (exact) mass is 351 g/mol. The SMILES string of the molecule is Cc1cccc(C(=O)Nc2ccc(I)cc2)c1C. The van der Waals surface area contributed by atoms with E-state index in [-0.39, 0.29) is 5.91 Å². The van der Waals surface area contributed by atoms with Crippen LogP contribution >= 0.6 is 22.6 Å². The van der Waals surface area contributed by atoms with E-state index in [0.29, 0.717) is 0 Å². The van der Waals surface area contributed by atoms with Crippen LogP contribution in [-0.2, 0) is 0 Å². The van der Waals surface area contributed by atoms with Crippen LogP contribution in [0.4, 0.5) is 5.69 Å². The van der Waals surface area contributed by atoms with Crippen molar-refractivity contribution in [3.05, 3.63) is 62.7 Å². The molecule has 0 spiro atoms. The summed E-state index contributed by atoms with van der Waals surface area (Å²) in [6, 6.07) is 13.5. The molecule has 0 saturated carbocycles. The first-order valence-electron chi connectivity index (χ1n) is 5.71. The Bertz CT molecular complexity index is 576. The van der Waals surface area contributed by atoms with E-state index in [0.717, 1.165) is 25.9 Å². The minimum atomic E-state index is -0.0580. The lowest BCUT2D eigenvalue weighted by Crippen LogP contribution is -2.13. The van der Waals surface area contributed by atoms with E-state index in [1.165, 1.54) is 0 Å². The third-order valence-corrected chi connectivity index (χ3v) is 3.67. The number of nitrogens with one attached hydrogen (secondary N) is 1. The first-order valence-corrected chi connectivity index (χ1v) is 6.79. The maximum Gasteiger partial charge on any atom is 0.255 e. The second kappa shape index (κ2) is 5.52. The van der Waals surface area contributed by atoms with Gasteiger partial charge >= 0.3 is 0 Å². The maximum absolute atomic E-state index is 12.2. The van der Waals surface area contributed by atoms with Crippen molar-refractivity contribution in [1.29, 1.82) is 0 Å². The lowest BCUT2D eigenvalue weighted by molar-refractivity contribution is 0.102. The summed E-state index contributed by atoms with van der Waals surface area (Å²) in [7, 11) is 0. The van der Waals surface area contributed by atoms with Gasteiger partial charge in [0.1, 0.15) is 0 Å². The van der Waals surface area contributed by atoms with Crippen molar-refractivity contribution in [2.24, 2.45) is 0 Å². The van der Waals surface area contributed by atoms with E-state index in [2.05, 4.69) is 27.9 Å². The average molecular weight is 351 g/mol. The molecule has 2 rings (SSSR count). The summed E-state index contributed by atoms with van der Waals surface area (Å²) in [5.41, 5.74) is 3.71. The molecule has 3 heteroatoms. The van der Waals surface area contributed by atoms with E-state index < -0.39 is 0 Å². The second-order valence-corrected chi connectivity index (χ2v) is 5.45. The highest BCUT2D eigenvalue weighted by atomic mass is 127. The van der Waals surface area contributed by atoms with Gasteiger partial charge in [0.25, 0.3) is 5.91 Å². The standard InChI is InChI=1S/C15H14INO/c1-10-4-3-5-14(11(10)2)15(18)17-13-8-6-12(16)7-9-13/h3-9H,1-2H3,(H,17,18). The molecular weight excluding hydrogens is 337 g/mol. The quantitative estimate of drug-likeness (QED) is 0.809.